The van der Waals surface area contributed by atoms with Crippen LogP contribution in [0.3, 0.4) is 0 Å². The number of nitrogens with zero attached hydrogens (tertiary/aromatic N) is 2. The molecule has 1 aliphatic heterocycles. The molecule has 8 nitrogen and oxygen atoms in total. The van der Waals surface area contributed by atoms with Crippen LogP contribution in [0, 0.1) is 23.7 Å². The van der Waals surface area contributed by atoms with E-state index in [0.29, 0.717) is 5.56 Å². The summed E-state index contributed by atoms with van der Waals surface area (Å²) < 4.78 is 5.39. The van der Waals surface area contributed by atoms with Gasteiger partial charge in [-0.25, -0.2) is 9.80 Å². The predicted molar refractivity (Wildman–Crippen MR) is 161 cm³/mol. The highest BCUT2D eigenvalue weighted by atomic mass is 79.9. The van der Waals surface area contributed by atoms with Crippen LogP contribution in [0.15, 0.2) is 78.9 Å². The molecule has 11 heteroatoms. The molecule has 6 atom stereocenters. The van der Waals surface area contributed by atoms with Crippen molar-refractivity contribution in [2.24, 2.45) is 23.7 Å². The molecule has 214 valence electrons. The van der Waals surface area contributed by atoms with Gasteiger partial charge in [-0.05, 0) is 66.8 Å². The lowest BCUT2D eigenvalue weighted by Crippen LogP contribution is -2.52. The van der Waals surface area contributed by atoms with Crippen molar-refractivity contribution >= 4 is 72.9 Å². The zero-order chi connectivity index (χ0) is 29.7. The molecule has 0 spiro atoms. The maximum atomic E-state index is 13.8. The summed E-state index contributed by atoms with van der Waals surface area (Å²) in [7, 11) is 0. The van der Waals surface area contributed by atoms with Crippen molar-refractivity contribution < 1.29 is 28.7 Å². The van der Waals surface area contributed by atoms with Gasteiger partial charge in [-0.2, -0.15) is 5.01 Å². The first kappa shape index (κ1) is 28.8. The Morgan fingerprint density at radius 2 is 1.38 bits per heavy atom. The van der Waals surface area contributed by atoms with Crippen LogP contribution < -0.4 is 4.74 Å². The number of ketones is 1. The first-order chi connectivity index (χ1) is 20.2. The Balaban J connectivity index is 1.26. The Morgan fingerprint density at radius 1 is 0.810 bits per heavy atom. The third-order valence-corrected chi connectivity index (χ3v) is 11.8. The summed E-state index contributed by atoms with van der Waals surface area (Å²) in [5.41, 5.74) is 0.640. The predicted octanol–water partition coefficient (Wildman–Crippen LogP) is 5.58. The lowest BCUT2D eigenvalue weighted by molar-refractivity contribution is -0.154. The first-order valence-corrected chi connectivity index (χ1v) is 15.5. The molecule has 1 heterocycles. The summed E-state index contributed by atoms with van der Waals surface area (Å²) in [4.78, 5) is 67.3. The fourth-order valence-corrected chi connectivity index (χ4v) is 8.34. The number of hydrazine groups is 1. The van der Waals surface area contributed by atoms with Crippen molar-refractivity contribution in [3.8, 4) is 5.75 Å². The lowest BCUT2D eigenvalue weighted by Gasteiger charge is -2.31. The van der Waals surface area contributed by atoms with Gasteiger partial charge in [0, 0.05) is 15.2 Å². The second-order valence-electron chi connectivity index (χ2n) is 10.5. The normalized spacial score (nSPS) is 25.8. The summed E-state index contributed by atoms with van der Waals surface area (Å²) in [6.07, 6.45) is 0.727. The number of amides is 3. The molecule has 3 aromatic rings. The van der Waals surface area contributed by atoms with Crippen LogP contribution in [0.1, 0.15) is 37.5 Å². The van der Waals surface area contributed by atoms with Crippen molar-refractivity contribution in [3.63, 3.8) is 0 Å². The van der Waals surface area contributed by atoms with Gasteiger partial charge in [0.1, 0.15) is 12.3 Å². The van der Waals surface area contributed by atoms with Crippen LogP contribution in [-0.4, -0.2) is 55.7 Å². The van der Waals surface area contributed by atoms with E-state index in [1.807, 2.05) is 0 Å². The zero-order valence-corrected chi connectivity index (χ0v) is 25.8. The average Bonchev–Trinajstić information content (AvgIpc) is 3.61. The monoisotopic (exact) mass is 712 g/mol. The largest absolute Gasteiger partial charge is 0.423 e. The molecule has 2 aliphatic carbocycles. The number of rotatable bonds is 7. The molecule has 3 amide bonds. The highest BCUT2D eigenvalue weighted by Crippen LogP contribution is 2.60. The minimum atomic E-state index is -0.734. The van der Waals surface area contributed by atoms with Crippen molar-refractivity contribution in [2.75, 3.05) is 6.54 Å². The Bertz CT molecular complexity index is 1570. The number of imide groups is 1. The second kappa shape index (κ2) is 11.4. The van der Waals surface area contributed by atoms with Gasteiger partial charge in [0.15, 0.2) is 5.78 Å². The number of fused-ring (bicyclic) bond motifs is 5. The molecule has 3 aliphatic rings. The van der Waals surface area contributed by atoms with E-state index < -0.39 is 47.9 Å². The Kier molecular flexibility index (Phi) is 7.80. The SMILES string of the molecule is O=C(CN(C(=O)c1ccccc1Cl)N1C(=O)[C@@H]2[C@H]3C[C@@H]([C@H](Br)[C@@H]3Br)[C@@H]2C1=O)c1ccc(OC(=O)c2ccccc2)cc1. The van der Waals surface area contributed by atoms with E-state index in [-0.39, 0.29) is 43.4 Å². The summed E-state index contributed by atoms with van der Waals surface area (Å²) in [5.74, 6) is -3.83. The highest BCUT2D eigenvalue weighted by Gasteiger charge is 2.67. The third-order valence-electron chi connectivity index (χ3n) is 8.23. The van der Waals surface area contributed by atoms with Crippen molar-refractivity contribution in [1.82, 2.24) is 10.0 Å². The number of ether oxygens (including phenoxy) is 1. The van der Waals surface area contributed by atoms with Gasteiger partial charge in [0.05, 0.1) is 28.0 Å². The standard InChI is InChI=1S/C31H23Br2ClN2O6/c32-26-20-14-21(27(26)33)25-24(20)29(39)36(30(25)40)35(28(38)19-8-4-5-9-22(19)34)15-23(37)16-10-12-18(13-11-16)42-31(41)17-6-2-1-3-7-17/h1-13,20-21,24-27H,14-15H2/t20-,21-,24-,25+,26-,27+/m1/s1. The molecule has 0 N–H and O–H groups in total. The minimum absolute atomic E-state index is 0.0179. The van der Waals surface area contributed by atoms with Crippen LogP contribution in [0.25, 0.3) is 0 Å². The molecule has 2 bridgehead atoms. The Hall–Kier alpha value is -3.34. The van der Waals surface area contributed by atoms with Crippen LogP contribution in [-0.2, 0) is 9.59 Å². The van der Waals surface area contributed by atoms with E-state index in [1.54, 1.807) is 42.5 Å². The number of hydrogen-bond donors (Lipinski definition) is 0. The van der Waals surface area contributed by atoms with E-state index in [4.69, 9.17) is 16.3 Å². The van der Waals surface area contributed by atoms with E-state index in [9.17, 15) is 24.0 Å². The number of alkyl halides is 2. The van der Waals surface area contributed by atoms with Crippen LogP contribution in [0.5, 0.6) is 5.75 Å². The van der Waals surface area contributed by atoms with Gasteiger partial charge in [0.25, 0.3) is 17.7 Å². The Labute approximate surface area is 263 Å². The molecular formula is C31H23Br2ClN2O6. The highest BCUT2D eigenvalue weighted by molar-refractivity contribution is 9.12. The topological polar surface area (TPSA) is 101 Å². The molecule has 3 aromatic carbocycles. The van der Waals surface area contributed by atoms with Gasteiger partial charge in [0.2, 0.25) is 0 Å². The number of carbonyl (C=O) groups excluding carboxylic acids is 5. The molecule has 42 heavy (non-hydrogen) atoms. The third kappa shape index (κ3) is 4.89. The molecule has 3 fully saturated rings. The number of benzene rings is 3. The lowest BCUT2D eigenvalue weighted by atomic mass is 9.81. The first-order valence-electron chi connectivity index (χ1n) is 13.3. The summed E-state index contributed by atoms with van der Waals surface area (Å²) >= 11 is 13.7. The number of Topliss-reactive ketones (excluding diaryl/α,β-unsaturated/α-hetero) is 1. The van der Waals surface area contributed by atoms with E-state index in [2.05, 4.69) is 31.9 Å². The zero-order valence-electron chi connectivity index (χ0n) is 21.9. The maximum Gasteiger partial charge on any atom is 0.343 e. The molecule has 6 rings (SSSR count). The van der Waals surface area contributed by atoms with E-state index in [1.165, 1.54) is 36.4 Å². The molecule has 2 saturated carbocycles. The van der Waals surface area contributed by atoms with E-state index in [0.717, 1.165) is 16.4 Å². The van der Waals surface area contributed by atoms with Gasteiger partial charge in [-0.15, -0.1) is 0 Å². The molecule has 0 unspecified atom stereocenters. The fourth-order valence-electron chi connectivity index (χ4n) is 6.25. The number of carbonyl (C=O) groups is 5. The maximum absolute atomic E-state index is 13.8. The summed E-state index contributed by atoms with van der Waals surface area (Å²) in [5, 5.41) is 1.91. The summed E-state index contributed by atoms with van der Waals surface area (Å²) in [6, 6.07) is 20.6. The van der Waals surface area contributed by atoms with Gasteiger partial charge in [-0.3, -0.25) is 19.2 Å². The number of halogens is 3. The molecular weight excluding hydrogens is 692 g/mol. The van der Waals surface area contributed by atoms with Crippen molar-refractivity contribution in [3.05, 3.63) is 101 Å². The van der Waals surface area contributed by atoms with Crippen molar-refractivity contribution in [1.29, 1.82) is 0 Å². The summed E-state index contributed by atoms with van der Waals surface area (Å²) in [6.45, 7) is -0.574. The van der Waals surface area contributed by atoms with Crippen molar-refractivity contribution in [2.45, 2.75) is 16.1 Å². The van der Waals surface area contributed by atoms with Crippen LogP contribution in [0.4, 0.5) is 0 Å². The molecule has 1 saturated heterocycles. The van der Waals surface area contributed by atoms with Gasteiger partial charge in [-0.1, -0.05) is 73.8 Å². The Morgan fingerprint density at radius 3 is 1.98 bits per heavy atom. The number of esters is 1. The minimum Gasteiger partial charge on any atom is -0.423 e. The average molecular weight is 715 g/mol. The second-order valence-corrected chi connectivity index (χ2v) is 13.1. The smallest absolute Gasteiger partial charge is 0.343 e. The quantitative estimate of drug-likeness (QED) is 0.104. The molecule has 0 aromatic heterocycles. The van der Waals surface area contributed by atoms with Crippen LogP contribution >= 0.6 is 43.5 Å². The van der Waals surface area contributed by atoms with Gasteiger partial charge < -0.3 is 4.74 Å². The fraction of sp³-hybridized carbons (Fsp3) is 0.258. The van der Waals surface area contributed by atoms with Crippen LogP contribution in [0.2, 0.25) is 5.02 Å². The molecule has 0 radical (unpaired) electrons. The van der Waals surface area contributed by atoms with E-state index >= 15 is 0 Å². The van der Waals surface area contributed by atoms with Gasteiger partial charge >= 0.3 is 5.97 Å². The number of hydrogen-bond acceptors (Lipinski definition) is 6.